The van der Waals surface area contributed by atoms with Crippen molar-refractivity contribution < 1.29 is 47.3 Å². The lowest BCUT2D eigenvalue weighted by Crippen LogP contribution is -2.58. The van der Waals surface area contributed by atoms with Crippen LogP contribution in [0.3, 0.4) is 0 Å². The summed E-state index contributed by atoms with van der Waals surface area (Å²) in [6.45, 7) is 3.75. The molecule has 212 valence electrons. The Morgan fingerprint density at radius 3 is 2.24 bits per heavy atom. The van der Waals surface area contributed by atoms with E-state index in [9.17, 15) is 42.6 Å². The molecule has 0 bridgehead atoms. The number of rotatable bonds is 13. The van der Waals surface area contributed by atoms with Gasteiger partial charge in [0.05, 0.1) is 0 Å². The van der Waals surface area contributed by atoms with Gasteiger partial charge in [0.15, 0.2) is 0 Å². The molecule has 1 aliphatic heterocycles. The van der Waals surface area contributed by atoms with E-state index < -0.39 is 72.9 Å². The fourth-order valence-electron chi connectivity index (χ4n) is 3.91. The second kappa shape index (κ2) is 14.0. The van der Waals surface area contributed by atoms with E-state index in [0.717, 1.165) is 0 Å². The van der Waals surface area contributed by atoms with Crippen molar-refractivity contribution in [2.24, 2.45) is 5.92 Å². The van der Waals surface area contributed by atoms with Gasteiger partial charge in [0, 0.05) is 19.4 Å². The van der Waals surface area contributed by atoms with Crippen molar-refractivity contribution in [3.05, 3.63) is 29.8 Å². The summed E-state index contributed by atoms with van der Waals surface area (Å²) in [4.78, 5) is 50.4. The molecule has 5 atom stereocenters. The molecule has 0 aromatic heterocycles. The molecule has 1 saturated heterocycles. The zero-order valence-electron chi connectivity index (χ0n) is 21.2. The first-order chi connectivity index (χ1) is 17.8. The Morgan fingerprint density at radius 2 is 1.71 bits per heavy atom. The summed E-state index contributed by atoms with van der Waals surface area (Å²) in [6.07, 6.45) is -6.07. The van der Waals surface area contributed by atoms with Gasteiger partial charge in [-0.15, -0.1) is 0 Å². The first kappa shape index (κ1) is 30.9. The van der Waals surface area contributed by atoms with Crippen molar-refractivity contribution >= 4 is 23.7 Å². The van der Waals surface area contributed by atoms with Gasteiger partial charge in [-0.1, -0.05) is 32.4 Å². The van der Waals surface area contributed by atoms with Crippen molar-refractivity contribution in [3.8, 4) is 5.75 Å². The molecule has 5 N–H and O–H groups in total. The second-order valence-corrected chi connectivity index (χ2v) is 9.36. The lowest BCUT2D eigenvalue weighted by atomic mass is 9.96. The van der Waals surface area contributed by atoms with Gasteiger partial charge in [-0.3, -0.25) is 14.4 Å². The van der Waals surface area contributed by atoms with Gasteiger partial charge < -0.3 is 30.9 Å². The fraction of sp³-hybridized carbons (Fsp3) is 0.600. The second-order valence-electron chi connectivity index (χ2n) is 9.36. The van der Waals surface area contributed by atoms with Crippen LogP contribution in [0.5, 0.6) is 5.75 Å². The number of carbonyl (C=O) groups is 4. The number of phenolic OH excluding ortho intramolecular Hbond substituents is 1. The molecule has 10 nitrogen and oxygen atoms in total. The van der Waals surface area contributed by atoms with Crippen molar-refractivity contribution in [2.75, 3.05) is 6.61 Å². The van der Waals surface area contributed by atoms with Crippen LogP contribution in [0.4, 0.5) is 13.2 Å². The number of alkyl halides is 3. The summed E-state index contributed by atoms with van der Waals surface area (Å²) in [7, 11) is 0. The van der Waals surface area contributed by atoms with Gasteiger partial charge in [0.2, 0.25) is 17.7 Å². The molecule has 3 amide bonds. The number of hydrogen-bond donors (Lipinski definition) is 5. The summed E-state index contributed by atoms with van der Waals surface area (Å²) in [5.41, 5.74) is 0.596. The van der Waals surface area contributed by atoms with E-state index >= 15 is 0 Å². The molecule has 1 aliphatic rings. The zero-order valence-corrected chi connectivity index (χ0v) is 21.2. The van der Waals surface area contributed by atoms with Crippen LogP contribution in [-0.4, -0.2) is 70.9 Å². The van der Waals surface area contributed by atoms with E-state index in [1.54, 1.807) is 26.0 Å². The molecule has 0 radical (unpaired) electrons. The lowest BCUT2D eigenvalue weighted by molar-refractivity contribution is -0.148. The molecule has 1 heterocycles. The largest absolute Gasteiger partial charge is 0.508 e. The maximum absolute atomic E-state index is 13.3. The van der Waals surface area contributed by atoms with Gasteiger partial charge in [0.25, 0.3) is 0 Å². The number of aromatic hydroxyl groups is 1. The smallest absolute Gasteiger partial charge is 0.389 e. The van der Waals surface area contributed by atoms with Gasteiger partial charge in [-0.25, -0.2) is 4.79 Å². The van der Waals surface area contributed by atoms with Crippen LogP contribution in [0.15, 0.2) is 24.3 Å². The van der Waals surface area contributed by atoms with Crippen LogP contribution in [-0.2, 0) is 30.3 Å². The van der Waals surface area contributed by atoms with E-state index in [1.165, 1.54) is 12.1 Å². The van der Waals surface area contributed by atoms with Crippen molar-refractivity contribution in [2.45, 2.75) is 82.8 Å². The Morgan fingerprint density at radius 1 is 1.05 bits per heavy atom. The Bertz CT molecular complexity index is 966. The predicted octanol–water partition coefficient (Wildman–Crippen LogP) is 2.04. The number of phenols is 1. The highest BCUT2D eigenvalue weighted by Gasteiger charge is 2.35. The van der Waals surface area contributed by atoms with Gasteiger partial charge in [-0.2, -0.15) is 13.2 Å². The molecule has 2 rings (SSSR count). The molecule has 0 unspecified atom stereocenters. The molecular formula is C25H34F3N3O7. The summed E-state index contributed by atoms with van der Waals surface area (Å²) in [5, 5.41) is 26.1. The van der Waals surface area contributed by atoms with Crippen LogP contribution < -0.4 is 16.0 Å². The number of carboxylic acid groups (broad SMARTS) is 1. The van der Waals surface area contributed by atoms with Gasteiger partial charge in [-0.05, 0) is 42.9 Å². The Kier molecular flexibility index (Phi) is 11.4. The highest BCUT2D eigenvalue weighted by atomic mass is 19.4. The molecule has 0 saturated carbocycles. The van der Waals surface area contributed by atoms with E-state index in [1.807, 2.05) is 0 Å². The lowest BCUT2D eigenvalue weighted by Gasteiger charge is -2.28. The zero-order chi connectivity index (χ0) is 28.5. The summed E-state index contributed by atoms with van der Waals surface area (Å²) < 4.78 is 43.2. The van der Waals surface area contributed by atoms with E-state index in [2.05, 4.69) is 16.0 Å². The Hall–Kier alpha value is -3.35. The number of carbonyl (C=O) groups excluding carboxylic acids is 3. The maximum Gasteiger partial charge on any atom is 0.389 e. The number of ether oxygens (including phenoxy) is 1. The molecule has 1 fully saturated rings. The highest BCUT2D eigenvalue weighted by Crippen LogP contribution is 2.22. The average molecular weight is 546 g/mol. The molecule has 1 aromatic rings. The topological polar surface area (TPSA) is 154 Å². The molecule has 13 heteroatoms. The van der Waals surface area contributed by atoms with Crippen molar-refractivity contribution in [3.63, 3.8) is 0 Å². The molecule has 1 aromatic carbocycles. The maximum atomic E-state index is 13.3. The Labute approximate surface area is 218 Å². The monoisotopic (exact) mass is 545 g/mol. The van der Waals surface area contributed by atoms with Crippen molar-refractivity contribution in [1.82, 2.24) is 16.0 Å². The fourth-order valence-corrected chi connectivity index (χ4v) is 3.91. The first-order valence-electron chi connectivity index (χ1n) is 12.4. The SMILES string of the molecule is CC[C@H](C)[C@H](NC(=O)[C@H](Cc1ccc(O)cc1)NC(=O)[C@@H]1CCCO1)C(=O)N[C@@H](CCC(F)(F)F)C(=O)O. The van der Waals surface area contributed by atoms with Gasteiger partial charge in [0.1, 0.15) is 30.0 Å². The third-order valence-corrected chi connectivity index (χ3v) is 6.36. The van der Waals surface area contributed by atoms with E-state index in [4.69, 9.17) is 4.74 Å². The van der Waals surface area contributed by atoms with Crippen LogP contribution >= 0.6 is 0 Å². The summed E-state index contributed by atoms with van der Waals surface area (Å²) in [6, 6.07) is 1.71. The summed E-state index contributed by atoms with van der Waals surface area (Å²) >= 11 is 0. The van der Waals surface area contributed by atoms with Crippen LogP contribution in [0, 0.1) is 5.92 Å². The third kappa shape index (κ3) is 9.84. The van der Waals surface area contributed by atoms with Crippen LogP contribution in [0.25, 0.3) is 0 Å². The molecule has 38 heavy (non-hydrogen) atoms. The minimum absolute atomic E-state index is 0.00273. The number of carboxylic acids is 1. The van der Waals surface area contributed by atoms with E-state index in [-0.39, 0.29) is 12.2 Å². The van der Waals surface area contributed by atoms with Crippen molar-refractivity contribution in [1.29, 1.82) is 0 Å². The molecule has 0 spiro atoms. The summed E-state index contributed by atoms with van der Waals surface area (Å²) in [5.74, 6) is -4.34. The quantitative estimate of drug-likeness (QED) is 0.254. The number of hydrogen-bond acceptors (Lipinski definition) is 6. The Balaban J connectivity index is 2.20. The normalized spacial score (nSPS) is 18.6. The number of nitrogens with one attached hydrogen (secondary N) is 3. The first-order valence-corrected chi connectivity index (χ1v) is 12.4. The number of benzene rings is 1. The minimum Gasteiger partial charge on any atom is -0.508 e. The molecular weight excluding hydrogens is 511 g/mol. The van der Waals surface area contributed by atoms with Crippen LogP contribution in [0.1, 0.15) is 51.5 Å². The van der Waals surface area contributed by atoms with Crippen LogP contribution in [0.2, 0.25) is 0 Å². The number of aliphatic carboxylic acids is 1. The highest BCUT2D eigenvalue weighted by molar-refractivity contribution is 5.94. The average Bonchev–Trinajstić information content (AvgIpc) is 3.39. The standard InChI is InChI=1S/C25H34F3N3O7/c1-3-14(2)20(23(35)29-17(24(36)37)10-11-25(26,27)28)31-21(33)18(13-15-6-8-16(32)9-7-15)30-22(34)19-5-4-12-38-19/h6-9,14,17-20,32H,3-5,10-13H2,1-2H3,(H,29,35)(H,30,34)(H,31,33)(H,36,37)/t14-,17-,18-,19-,20-/m0/s1. The predicted molar refractivity (Wildman–Crippen MR) is 129 cm³/mol. The third-order valence-electron chi connectivity index (χ3n) is 6.36. The van der Waals surface area contributed by atoms with Gasteiger partial charge >= 0.3 is 12.1 Å². The minimum atomic E-state index is -4.61. The van der Waals surface area contributed by atoms with E-state index in [0.29, 0.717) is 31.4 Å². The molecule has 0 aliphatic carbocycles. The number of amides is 3. The number of halogens is 3.